The Hall–Kier alpha value is -3.62. The van der Waals surface area contributed by atoms with Gasteiger partial charge in [0.1, 0.15) is 0 Å². The molecule has 0 aliphatic carbocycles. The van der Waals surface area contributed by atoms with Crippen LogP contribution in [0.25, 0.3) is 11.1 Å². The first-order valence-corrected chi connectivity index (χ1v) is 10.2. The number of benzene rings is 1. The highest BCUT2D eigenvalue weighted by Gasteiger charge is 2.21. The molecule has 9 heteroatoms. The van der Waals surface area contributed by atoms with Crippen LogP contribution < -0.4 is 26.2 Å². The molecule has 2 aromatic heterocycles. The smallest absolute Gasteiger partial charge is 0.225 e. The third-order valence-corrected chi connectivity index (χ3v) is 5.76. The topological polar surface area (TPSA) is 113 Å². The molecule has 0 bridgehead atoms. The van der Waals surface area contributed by atoms with Gasteiger partial charge in [0.2, 0.25) is 11.9 Å². The second kappa shape index (κ2) is 7.66. The summed E-state index contributed by atoms with van der Waals surface area (Å²) in [5, 5.41) is 0. The molecule has 0 saturated carbocycles. The molecule has 4 N–H and O–H groups in total. The van der Waals surface area contributed by atoms with Gasteiger partial charge in [0.05, 0.1) is 11.9 Å². The molecular formula is C21H25N9. The Balaban J connectivity index is 1.28. The molecule has 3 aromatic rings. The summed E-state index contributed by atoms with van der Waals surface area (Å²) in [6.07, 6.45) is 6.76. The molecule has 0 atom stereocenters. The number of nitrogens with zero attached hydrogens (tertiary/aromatic N) is 7. The highest BCUT2D eigenvalue weighted by atomic mass is 15.3. The summed E-state index contributed by atoms with van der Waals surface area (Å²) in [5.41, 5.74) is 15.8. The Morgan fingerprint density at radius 3 is 2.13 bits per heavy atom. The van der Waals surface area contributed by atoms with E-state index in [-0.39, 0.29) is 5.95 Å². The fourth-order valence-electron chi connectivity index (χ4n) is 3.88. The van der Waals surface area contributed by atoms with E-state index < -0.39 is 0 Å². The van der Waals surface area contributed by atoms with E-state index in [4.69, 9.17) is 11.5 Å². The number of hydrogen-bond acceptors (Lipinski definition) is 9. The van der Waals surface area contributed by atoms with Gasteiger partial charge in [-0.1, -0.05) is 12.1 Å². The Morgan fingerprint density at radius 2 is 1.47 bits per heavy atom. The average molecular weight is 403 g/mol. The standard InChI is InChI=1S/C21H25N9/c22-19-18(14-24-20(23)27-19)29-9-7-28(8-10-29)17-4-1-3-15(11-17)16-12-25-21(26-13-16)30-5-2-6-30/h1,3-4,11-14H,2,5-10H2,(H4,22,23,24,27). The van der Waals surface area contributed by atoms with Crippen molar-refractivity contribution in [2.45, 2.75) is 6.42 Å². The molecule has 1 aromatic carbocycles. The zero-order valence-corrected chi connectivity index (χ0v) is 16.8. The quantitative estimate of drug-likeness (QED) is 0.671. The Labute approximate surface area is 175 Å². The van der Waals surface area contributed by atoms with Crippen molar-refractivity contribution >= 4 is 29.1 Å². The Bertz CT molecular complexity index is 1020. The van der Waals surface area contributed by atoms with E-state index in [1.807, 2.05) is 12.4 Å². The number of anilines is 5. The highest BCUT2D eigenvalue weighted by Crippen LogP contribution is 2.28. The maximum absolute atomic E-state index is 6.02. The number of nitrogen functional groups attached to an aromatic ring is 2. The highest BCUT2D eigenvalue weighted by molar-refractivity contribution is 5.69. The van der Waals surface area contributed by atoms with Crippen LogP contribution in [-0.4, -0.2) is 59.2 Å². The molecule has 2 aliphatic heterocycles. The molecule has 30 heavy (non-hydrogen) atoms. The lowest BCUT2D eigenvalue weighted by Gasteiger charge is -2.37. The van der Waals surface area contributed by atoms with Gasteiger partial charge in [0.15, 0.2) is 5.82 Å². The predicted molar refractivity (Wildman–Crippen MR) is 120 cm³/mol. The maximum Gasteiger partial charge on any atom is 0.225 e. The number of hydrogen-bond donors (Lipinski definition) is 2. The lowest BCUT2D eigenvalue weighted by Crippen LogP contribution is -2.46. The van der Waals surface area contributed by atoms with Crippen molar-refractivity contribution in [2.24, 2.45) is 0 Å². The lowest BCUT2D eigenvalue weighted by molar-refractivity contribution is 0.600. The summed E-state index contributed by atoms with van der Waals surface area (Å²) in [6.45, 7) is 5.56. The molecule has 2 aliphatic rings. The molecule has 4 heterocycles. The second-order valence-corrected chi connectivity index (χ2v) is 7.64. The normalized spacial score (nSPS) is 16.5. The van der Waals surface area contributed by atoms with E-state index in [9.17, 15) is 0 Å². The van der Waals surface area contributed by atoms with Crippen LogP contribution in [0.2, 0.25) is 0 Å². The zero-order chi connectivity index (χ0) is 20.5. The van der Waals surface area contributed by atoms with Gasteiger partial charge < -0.3 is 26.2 Å². The first-order valence-electron chi connectivity index (χ1n) is 10.2. The summed E-state index contributed by atoms with van der Waals surface area (Å²) < 4.78 is 0. The third kappa shape index (κ3) is 3.54. The van der Waals surface area contributed by atoms with Crippen molar-refractivity contribution in [3.63, 3.8) is 0 Å². The average Bonchev–Trinajstić information content (AvgIpc) is 2.73. The van der Waals surface area contributed by atoms with Gasteiger partial charge in [-0.3, -0.25) is 0 Å². The van der Waals surface area contributed by atoms with E-state index >= 15 is 0 Å². The van der Waals surface area contributed by atoms with Crippen molar-refractivity contribution < 1.29 is 0 Å². The lowest BCUT2D eigenvalue weighted by atomic mass is 10.1. The van der Waals surface area contributed by atoms with Crippen LogP contribution in [0.15, 0.2) is 42.9 Å². The van der Waals surface area contributed by atoms with Crippen LogP contribution in [0, 0.1) is 0 Å². The first-order chi connectivity index (χ1) is 14.7. The SMILES string of the molecule is Nc1ncc(N2CCN(c3cccc(-c4cnc(N5CCC5)nc4)c3)CC2)c(N)n1. The van der Waals surface area contributed by atoms with Crippen molar-refractivity contribution in [3.8, 4) is 11.1 Å². The summed E-state index contributed by atoms with van der Waals surface area (Å²) in [5.74, 6) is 1.46. The monoisotopic (exact) mass is 403 g/mol. The molecule has 0 amide bonds. The Morgan fingerprint density at radius 1 is 0.733 bits per heavy atom. The van der Waals surface area contributed by atoms with Crippen molar-refractivity contribution in [1.82, 2.24) is 19.9 Å². The van der Waals surface area contributed by atoms with Crippen LogP contribution >= 0.6 is 0 Å². The largest absolute Gasteiger partial charge is 0.382 e. The van der Waals surface area contributed by atoms with Crippen LogP contribution in [0.3, 0.4) is 0 Å². The van der Waals surface area contributed by atoms with Gasteiger partial charge in [0.25, 0.3) is 0 Å². The van der Waals surface area contributed by atoms with Crippen LogP contribution in [0.1, 0.15) is 6.42 Å². The summed E-state index contributed by atoms with van der Waals surface area (Å²) in [7, 11) is 0. The van der Waals surface area contributed by atoms with Crippen LogP contribution in [0.5, 0.6) is 0 Å². The minimum atomic E-state index is 0.202. The number of nitrogens with two attached hydrogens (primary N) is 2. The second-order valence-electron chi connectivity index (χ2n) is 7.64. The molecule has 0 radical (unpaired) electrons. The van der Waals surface area contributed by atoms with Crippen molar-refractivity contribution in [3.05, 3.63) is 42.9 Å². The number of piperazine rings is 1. The van der Waals surface area contributed by atoms with Crippen LogP contribution in [0.4, 0.5) is 29.1 Å². The van der Waals surface area contributed by atoms with Gasteiger partial charge in [-0.25, -0.2) is 15.0 Å². The van der Waals surface area contributed by atoms with Gasteiger partial charge >= 0.3 is 0 Å². The molecule has 5 rings (SSSR count). The fraction of sp³-hybridized carbons (Fsp3) is 0.333. The first kappa shape index (κ1) is 18.4. The van der Waals surface area contributed by atoms with Crippen molar-refractivity contribution in [1.29, 1.82) is 0 Å². The van der Waals surface area contributed by atoms with E-state index in [0.717, 1.165) is 62.0 Å². The minimum Gasteiger partial charge on any atom is -0.382 e. The third-order valence-electron chi connectivity index (χ3n) is 5.76. The molecule has 0 spiro atoms. The Kier molecular flexibility index (Phi) is 4.70. The molecule has 2 saturated heterocycles. The minimum absolute atomic E-state index is 0.202. The molecule has 0 unspecified atom stereocenters. The van der Waals surface area contributed by atoms with Gasteiger partial charge in [-0.15, -0.1) is 0 Å². The summed E-state index contributed by atoms with van der Waals surface area (Å²) >= 11 is 0. The van der Waals surface area contributed by atoms with E-state index in [1.165, 1.54) is 12.1 Å². The number of aromatic nitrogens is 4. The maximum atomic E-state index is 6.02. The van der Waals surface area contributed by atoms with Crippen LogP contribution in [-0.2, 0) is 0 Å². The zero-order valence-electron chi connectivity index (χ0n) is 16.8. The molecular weight excluding hydrogens is 378 g/mol. The van der Waals surface area contributed by atoms with Gasteiger partial charge in [-0.2, -0.15) is 4.98 Å². The predicted octanol–water partition coefficient (Wildman–Crippen LogP) is 1.63. The molecule has 154 valence electrons. The number of rotatable bonds is 4. The fourth-order valence-corrected chi connectivity index (χ4v) is 3.88. The summed E-state index contributed by atoms with van der Waals surface area (Å²) in [6, 6.07) is 8.55. The van der Waals surface area contributed by atoms with Crippen molar-refractivity contribution in [2.75, 3.05) is 65.4 Å². The van der Waals surface area contributed by atoms with Gasteiger partial charge in [0, 0.05) is 62.9 Å². The van der Waals surface area contributed by atoms with E-state index in [2.05, 4.69) is 58.9 Å². The van der Waals surface area contributed by atoms with Gasteiger partial charge in [-0.05, 0) is 24.1 Å². The molecule has 9 nitrogen and oxygen atoms in total. The molecule has 2 fully saturated rings. The van der Waals surface area contributed by atoms with E-state index in [1.54, 1.807) is 6.20 Å². The van der Waals surface area contributed by atoms with E-state index in [0.29, 0.717) is 5.82 Å². The summed E-state index contributed by atoms with van der Waals surface area (Å²) in [4.78, 5) is 24.0.